The van der Waals surface area contributed by atoms with Crippen LogP contribution in [0.25, 0.3) is 11.0 Å². The minimum absolute atomic E-state index is 0.00256. The van der Waals surface area contributed by atoms with Crippen molar-refractivity contribution in [2.45, 2.75) is 13.0 Å². The van der Waals surface area contributed by atoms with E-state index in [4.69, 9.17) is 4.74 Å². The zero-order chi connectivity index (χ0) is 15.8. The fraction of sp³-hybridized carbons (Fsp3) is 0.167. The third-order valence-electron chi connectivity index (χ3n) is 3.97. The molecule has 1 aromatic heterocycles. The maximum atomic E-state index is 12.9. The molecule has 0 amide bonds. The SMILES string of the molecule is CCOc1ccc(C2Nc3cnc4ccccc4[n+]3C2=O)cc1. The van der Waals surface area contributed by atoms with Gasteiger partial charge in [-0.25, -0.2) is 9.78 Å². The normalized spacial score (nSPS) is 16.2. The third-order valence-corrected chi connectivity index (χ3v) is 3.97. The van der Waals surface area contributed by atoms with Gasteiger partial charge in [-0.3, -0.25) is 5.32 Å². The van der Waals surface area contributed by atoms with E-state index in [1.807, 2.05) is 55.5 Å². The van der Waals surface area contributed by atoms with E-state index < -0.39 is 6.04 Å². The van der Waals surface area contributed by atoms with Crippen molar-refractivity contribution in [2.75, 3.05) is 11.9 Å². The highest BCUT2D eigenvalue weighted by molar-refractivity contribution is 5.87. The van der Waals surface area contributed by atoms with Crippen LogP contribution in [0.3, 0.4) is 0 Å². The van der Waals surface area contributed by atoms with Crippen LogP contribution in [0.5, 0.6) is 5.75 Å². The van der Waals surface area contributed by atoms with Crippen LogP contribution in [0.1, 0.15) is 23.3 Å². The van der Waals surface area contributed by atoms with Gasteiger partial charge < -0.3 is 4.74 Å². The molecule has 5 nitrogen and oxygen atoms in total. The number of carbonyl (C=O) groups excluding carboxylic acids is 1. The molecule has 0 spiro atoms. The lowest BCUT2D eigenvalue weighted by atomic mass is 10.1. The minimum Gasteiger partial charge on any atom is -0.494 e. The highest BCUT2D eigenvalue weighted by Crippen LogP contribution is 2.26. The van der Waals surface area contributed by atoms with Crippen LogP contribution in [0.4, 0.5) is 5.82 Å². The first-order chi connectivity index (χ1) is 11.3. The summed E-state index contributed by atoms with van der Waals surface area (Å²) in [4.78, 5) is 17.3. The summed E-state index contributed by atoms with van der Waals surface area (Å²) in [6, 6.07) is 14.8. The number of hydrogen-bond acceptors (Lipinski definition) is 4. The van der Waals surface area contributed by atoms with Gasteiger partial charge in [0.2, 0.25) is 6.04 Å². The van der Waals surface area contributed by atoms with Crippen molar-refractivity contribution in [3.63, 3.8) is 0 Å². The first kappa shape index (κ1) is 13.7. The summed E-state index contributed by atoms with van der Waals surface area (Å²) in [6.45, 7) is 2.57. The number of benzene rings is 2. The minimum atomic E-state index is -0.404. The zero-order valence-corrected chi connectivity index (χ0v) is 12.7. The molecule has 114 valence electrons. The van der Waals surface area contributed by atoms with Gasteiger partial charge in [0.25, 0.3) is 0 Å². The number of aromatic nitrogens is 2. The van der Waals surface area contributed by atoms with Gasteiger partial charge in [-0.1, -0.05) is 24.3 Å². The van der Waals surface area contributed by atoms with E-state index in [-0.39, 0.29) is 5.91 Å². The topological polar surface area (TPSA) is 55.1 Å². The van der Waals surface area contributed by atoms with Crippen molar-refractivity contribution in [3.8, 4) is 5.75 Å². The largest absolute Gasteiger partial charge is 0.494 e. The monoisotopic (exact) mass is 306 g/mol. The molecule has 0 bridgehead atoms. The molecule has 3 aromatic rings. The first-order valence-electron chi connectivity index (χ1n) is 7.61. The third kappa shape index (κ3) is 2.21. The van der Waals surface area contributed by atoms with Crippen LogP contribution >= 0.6 is 0 Å². The average Bonchev–Trinajstić information content (AvgIpc) is 2.93. The highest BCUT2D eigenvalue weighted by atomic mass is 16.5. The number of para-hydroxylation sites is 2. The summed E-state index contributed by atoms with van der Waals surface area (Å²) in [5.41, 5.74) is 2.53. The lowest BCUT2D eigenvalue weighted by Crippen LogP contribution is -2.41. The lowest BCUT2D eigenvalue weighted by molar-refractivity contribution is -0.524. The van der Waals surface area contributed by atoms with Crippen LogP contribution in [0, 0.1) is 0 Å². The van der Waals surface area contributed by atoms with Gasteiger partial charge in [0.15, 0.2) is 5.52 Å². The summed E-state index contributed by atoms with van der Waals surface area (Å²) < 4.78 is 7.15. The highest BCUT2D eigenvalue weighted by Gasteiger charge is 2.40. The smallest absolute Gasteiger partial charge is 0.364 e. The molecule has 0 radical (unpaired) electrons. The van der Waals surface area contributed by atoms with E-state index in [0.29, 0.717) is 12.4 Å². The van der Waals surface area contributed by atoms with Gasteiger partial charge >= 0.3 is 11.7 Å². The molecule has 23 heavy (non-hydrogen) atoms. The van der Waals surface area contributed by atoms with Crippen molar-refractivity contribution in [2.24, 2.45) is 0 Å². The molecule has 0 aliphatic carbocycles. The Morgan fingerprint density at radius 3 is 2.74 bits per heavy atom. The number of ether oxygens (including phenoxy) is 1. The Hall–Kier alpha value is -2.95. The Labute approximate surface area is 133 Å². The fourth-order valence-corrected chi connectivity index (χ4v) is 2.91. The molecule has 5 heteroatoms. The number of nitrogens with zero attached hydrogens (tertiary/aromatic N) is 2. The Balaban J connectivity index is 1.73. The maximum absolute atomic E-state index is 12.9. The van der Waals surface area contributed by atoms with Crippen molar-refractivity contribution in [3.05, 3.63) is 60.3 Å². The van der Waals surface area contributed by atoms with Crippen LogP contribution in [0.2, 0.25) is 0 Å². The number of hydrogen-bond donors (Lipinski definition) is 1. The van der Waals surface area contributed by atoms with E-state index in [0.717, 1.165) is 22.3 Å². The van der Waals surface area contributed by atoms with Gasteiger partial charge in [0, 0.05) is 5.56 Å². The Morgan fingerprint density at radius 2 is 1.96 bits per heavy atom. The molecule has 1 aliphatic heterocycles. The van der Waals surface area contributed by atoms with Crippen molar-refractivity contribution >= 4 is 22.8 Å². The summed E-state index contributed by atoms with van der Waals surface area (Å²) in [7, 11) is 0. The second-order valence-corrected chi connectivity index (χ2v) is 5.39. The molecule has 2 aromatic carbocycles. The maximum Gasteiger partial charge on any atom is 0.364 e. The molecule has 1 atom stereocenters. The van der Waals surface area contributed by atoms with Crippen molar-refractivity contribution in [1.29, 1.82) is 0 Å². The average molecular weight is 306 g/mol. The number of fused-ring (bicyclic) bond motifs is 3. The van der Waals surface area contributed by atoms with Crippen LogP contribution < -0.4 is 14.6 Å². The molecule has 4 rings (SSSR count). The van der Waals surface area contributed by atoms with E-state index >= 15 is 0 Å². The number of nitrogens with one attached hydrogen (secondary N) is 1. The van der Waals surface area contributed by atoms with Crippen LogP contribution in [-0.4, -0.2) is 17.5 Å². The summed E-state index contributed by atoms with van der Waals surface area (Å²) >= 11 is 0. The Bertz CT molecular complexity index is 890. The van der Waals surface area contributed by atoms with Gasteiger partial charge in [0.1, 0.15) is 17.5 Å². The summed E-state index contributed by atoms with van der Waals surface area (Å²) in [5, 5.41) is 3.25. The van der Waals surface area contributed by atoms with Crippen LogP contribution in [0.15, 0.2) is 54.7 Å². The van der Waals surface area contributed by atoms with Gasteiger partial charge in [-0.05, 0) is 31.2 Å². The fourth-order valence-electron chi connectivity index (χ4n) is 2.91. The Morgan fingerprint density at radius 1 is 1.17 bits per heavy atom. The number of rotatable bonds is 3. The molecule has 0 saturated heterocycles. The van der Waals surface area contributed by atoms with E-state index in [1.165, 1.54) is 0 Å². The lowest BCUT2D eigenvalue weighted by Gasteiger charge is -2.06. The quantitative estimate of drug-likeness (QED) is 0.756. The molecule has 0 fully saturated rings. The first-order valence-corrected chi connectivity index (χ1v) is 7.61. The number of anilines is 1. The van der Waals surface area contributed by atoms with Gasteiger partial charge in [0.05, 0.1) is 6.61 Å². The summed E-state index contributed by atoms with van der Waals surface area (Å²) in [6.07, 6.45) is 1.70. The molecule has 1 N–H and O–H groups in total. The molecule has 2 heterocycles. The molecular weight excluding hydrogens is 290 g/mol. The predicted octanol–water partition coefficient (Wildman–Crippen LogP) is 2.73. The molecule has 1 aliphatic rings. The standard InChI is InChI=1S/C18H15N3O2/c1-2-23-13-9-7-12(8-10-13)17-18(22)21-15-6-4-3-5-14(15)19-11-16(21)20-17/h3-11,17H,2H2,1H3/p+1. The summed E-state index contributed by atoms with van der Waals surface area (Å²) in [5.74, 6) is 1.52. The van der Waals surface area contributed by atoms with Gasteiger partial charge in [-0.2, -0.15) is 4.57 Å². The molecule has 1 unspecified atom stereocenters. The second kappa shape index (κ2) is 5.35. The van der Waals surface area contributed by atoms with Crippen LogP contribution in [-0.2, 0) is 0 Å². The van der Waals surface area contributed by atoms with Crippen molar-refractivity contribution in [1.82, 2.24) is 4.98 Å². The molecule has 0 saturated carbocycles. The van der Waals surface area contributed by atoms with E-state index in [2.05, 4.69) is 10.3 Å². The molecular formula is C18H16N3O2+. The van der Waals surface area contributed by atoms with E-state index in [1.54, 1.807) is 10.8 Å². The predicted molar refractivity (Wildman–Crippen MR) is 86.5 cm³/mol. The van der Waals surface area contributed by atoms with E-state index in [9.17, 15) is 4.79 Å². The van der Waals surface area contributed by atoms with Crippen molar-refractivity contribution < 1.29 is 14.1 Å². The second-order valence-electron chi connectivity index (χ2n) is 5.39. The number of carbonyl (C=O) groups is 1. The zero-order valence-electron chi connectivity index (χ0n) is 12.7. The van der Waals surface area contributed by atoms with Gasteiger partial charge in [-0.15, -0.1) is 0 Å². The Kier molecular flexibility index (Phi) is 3.19.